The summed E-state index contributed by atoms with van der Waals surface area (Å²) in [6, 6.07) is 7.57. The monoisotopic (exact) mass is 254 g/mol. The fourth-order valence-electron chi connectivity index (χ4n) is 2.10. The predicted molar refractivity (Wildman–Crippen MR) is 68.9 cm³/mol. The summed E-state index contributed by atoms with van der Waals surface area (Å²) in [6.45, 7) is 1.90. The Morgan fingerprint density at radius 1 is 1.21 bits per heavy atom. The molecule has 0 bridgehead atoms. The molecule has 5 nitrogen and oxygen atoms in total. The summed E-state index contributed by atoms with van der Waals surface area (Å²) in [4.78, 5) is 11.2. The van der Waals surface area contributed by atoms with Gasteiger partial charge < -0.3 is 9.52 Å². The molecule has 0 saturated carbocycles. The summed E-state index contributed by atoms with van der Waals surface area (Å²) in [5.74, 6) is -0.529. The third-order valence-electron chi connectivity index (χ3n) is 3.05. The highest BCUT2D eigenvalue weighted by Crippen LogP contribution is 2.33. The minimum absolute atomic E-state index is 0.0807. The van der Waals surface area contributed by atoms with Crippen molar-refractivity contribution in [3.63, 3.8) is 0 Å². The van der Waals surface area contributed by atoms with E-state index in [0.717, 1.165) is 16.5 Å². The van der Waals surface area contributed by atoms with Crippen LogP contribution in [0.15, 0.2) is 41.1 Å². The number of para-hydroxylation sites is 1. The molecular weight excluding hydrogens is 244 g/mol. The SMILES string of the molecule is Cc1c(-c2cnncc2C(=O)O)oc2ccccc12. The van der Waals surface area contributed by atoms with Crippen molar-refractivity contribution in [1.29, 1.82) is 0 Å². The van der Waals surface area contributed by atoms with Crippen LogP contribution >= 0.6 is 0 Å². The Morgan fingerprint density at radius 2 is 1.95 bits per heavy atom. The van der Waals surface area contributed by atoms with E-state index < -0.39 is 5.97 Å². The summed E-state index contributed by atoms with van der Waals surface area (Å²) in [6.07, 6.45) is 2.64. The molecule has 5 heteroatoms. The van der Waals surface area contributed by atoms with Crippen LogP contribution in [0.2, 0.25) is 0 Å². The van der Waals surface area contributed by atoms with E-state index >= 15 is 0 Å². The smallest absolute Gasteiger partial charge is 0.338 e. The van der Waals surface area contributed by atoms with Gasteiger partial charge in [-0.2, -0.15) is 10.2 Å². The van der Waals surface area contributed by atoms with Gasteiger partial charge in [0.25, 0.3) is 0 Å². The van der Waals surface area contributed by atoms with Gasteiger partial charge in [-0.1, -0.05) is 18.2 Å². The summed E-state index contributed by atoms with van der Waals surface area (Å²) < 4.78 is 5.74. The van der Waals surface area contributed by atoms with E-state index in [-0.39, 0.29) is 5.56 Å². The lowest BCUT2D eigenvalue weighted by Gasteiger charge is -2.02. The molecule has 2 heterocycles. The average Bonchev–Trinajstić information content (AvgIpc) is 2.76. The molecule has 1 aromatic carbocycles. The van der Waals surface area contributed by atoms with E-state index in [4.69, 9.17) is 4.42 Å². The van der Waals surface area contributed by atoms with Gasteiger partial charge in [-0.3, -0.25) is 0 Å². The van der Waals surface area contributed by atoms with Crippen LogP contribution in [-0.4, -0.2) is 21.3 Å². The van der Waals surface area contributed by atoms with Crippen LogP contribution < -0.4 is 0 Å². The molecule has 1 N–H and O–H groups in total. The largest absolute Gasteiger partial charge is 0.478 e. The standard InChI is InChI=1S/C14H10N2O3/c1-8-9-4-2-3-5-12(9)19-13(8)10-6-15-16-7-11(10)14(17)18/h2-7H,1H3,(H,17,18). The zero-order valence-corrected chi connectivity index (χ0v) is 10.1. The second-order valence-corrected chi connectivity index (χ2v) is 4.17. The fraction of sp³-hybridized carbons (Fsp3) is 0.0714. The quantitative estimate of drug-likeness (QED) is 0.760. The van der Waals surface area contributed by atoms with E-state index in [2.05, 4.69) is 10.2 Å². The fourth-order valence-corrected chi connectivity index (χ4v) is 2.10. The van der Waals surface area contributed by atoms with Gasteiger partial charge >= 0.3 is 5.97 Å². The number of aromatic carboxylic acids is 1. The van der Waals surface area contributed by atoms with Crippen LogP contribution in [-0.2, 0) is 0 Å². The second kappa shape index (κ2) is 4.20. The maximum absolute atomic E-state index is 11.2. The Labute approximate surface area is 108 Å². The Morgan fingerprint density at radius 3 is 2.68 bits per heavy atom. The molecule has 0 aliphatic carbocycles. The number of benzene rings is 1. The first kappa shape index (κ1) is 11.4. The molecule has 0 spiro atoms. The first-order chi connectivity index (χ1) is 9.18. The van der Waals surface area contributed by atoms with Crippen LogP contribution in [0.5, 0.6) is 0 Å². The van der Waals surface area contributed by atoms with Gasteiger partial charge in [0.05, 0.1) is 23.5 Å². The molecule has 2 aromatic heterocycles. The second-order valence-electron chi connectivity index (χ2n) is 4.17. The number of carbonyl (C=O) groups is 1. The molecule has 94 valence electrons. The summed E-state index contributed by atoms with van der Waals surface area (Å²) >= 11 is 0. The topological polar surface area (TPSA) is 76.2 Å². The van der Waals surface area contributed by atoms with Gasteiger partial charge in [-0.25, -0.2) is 4.79 Å². The van der Waals surface area contributed by atoms with Crippen LogP contribution in [0.4, 0.5) is 0 Å². The Hall–Kier alpha value is -2.69. The number of fused-ring (bicyclic) bond motifs is 1. The molecule has 3 rings (SSSR count). The van der Waals surface area contributed by atoms with E-state index in [1.54, 1.807) is 0 Å². The van der Waals surface area contributed by atoms with Crippen molar-refractivity contribution in [1.82, 2.24) is 10.2 Å². The van der Waals surface area contributed by atoms with E-state index in [9.17, 15) is 9.90 Å². The van der Waals surface area contributed by atoms with Gasteiger partial charge in [0.2, 0.25) is 0 Å². The van der Waals surface area contributed by atoms with Crippen molar-refractivity contribution < 1.29 is 14.3 Å². The van der Waals surface area contributed by atoms with Crippen LogP contribution in [0.3, 0.4) is 0 Å². The molecule has 0 atom stereocenters. The highest BCUT2D eigenvalue weighted by Gasteiger charge is 2.19. The summed E-state index contributed by atoms with van der Waals surface area (Å²) in [7, 11) is 0. The van der Waals surface area contributed by atoms with Crippen LogP contribution in [0, 0.1) is 6.92 Å². The number of aryl methyl sites for hydroxylation is 1. The first-order valence-electron chi connectivity index (χ1n) is 5.71. The van der Waals surface area contributed by atoms with Crippen molar-refractivity contribution in [3.8, 4) is 11.3 Å². The first-order valence-corrected chi connectivity index (χ1v) is 5.71. The Balaban J connectivity index is 2.31. The zero-order valence-electron chi connectivity index (χ0n) is 10.1. The lowest BCUT2D eigenvalue weighted by molar-refractivity contribution is 0.0697. The van der Waals surface area contributed by atoms with Crippen molar-refractivity contribution in [2.75, 3.05) is 0 Å². The number of furan rings is 1. The molecule has 0 aliphatic rings. The summed E-state index contributed by atoms with van der Waals surface area (Å²) in [5.41, 5.74) is 2.14. The van der Waals surface area contributed by atoms with Crippen molar-refractivity contribution in [3.05, 3.63) is 47.8 Å². The Bertz CT molecular complexity index is 777. The minimum atomic E-state index is -1.05. The molecule has 0 saturated heterocycles. The van der Waals surface area contributed by atoms with Crippen molar-refractivity contribution in [2.24, 2.45) is 0 Å². The van der Waals surface area contributed by atoms with Gasteiger partial charge in [0.1, 0.15) is 11.3 Å². The molecule has 0 amide bonds. The van der Waals surface area contributed by atoms with Crippen LogP contribution in [0.1, 0.15) is 15.9 Å². The van der Waals surface area contributed by atoms with Gasteiger partial charge in [0, 0.05) is 10.9 Å². The maximum Gasteiger partial charge on any atom is 0.338 e. The van der Waals surface area contributed by atoms with Gasteiger partial charge in [-0.05, 0) is 13.0 Å². The third-order valence-corrected chi connectivity index (χ3v) is 3.05. The van der Waals surface area contributed by atoms with Gasteiger partial charge in [-0.15, -0.1) is 0 Å². The number of nitrogens with zero attached hydrogens (tertiary/aromatic N) is 2. The molecule has 0 unspecified atom stereocenters. The number of carboxylic acid groups (broad SMARTS) is 1. The minimum Gasteiger partial charge on any atom is -0.478 e. The lowest BCUT2D eigenvalue weighted by atomic mass is 10.1. The highest BCUT2D eigenvalue weighted by molar-refractivity contribution is 5.97. The molecule has 0 radical (unpaired) electrons. The Kier molecular flexibility index (Phi) is 2.52. The summed E-state index contributed by atoms with van der Waals surface area (Å²) in [5, 5.41) is 17.5. The molecule has 3 aromatic rings. The number of hydrogen-bond acceptors (Lipinski definition) is 4. The number of carboxylic acids is 1. The molecule has 19 heavy (non-hydrogen) atoms. The highest BCUT2D eigenvalue weighted by atomic mass is 16.4. The van der Waals surface area contributed by atoms with Crippen molar-refractivity contribution >= 4 is 16.9 Å². The average molecular weight is 254 g/mol. The predicted octanol–water partition coefficient (Wildman–Crippen LogP) is 2.90. The van der Waals surface area contributed by atoms with E-state index in [1.165, 1.54) is 12.4 Å². The number of hydrogen-bond donors (Lipinski definition) is 1. The normalized spacial score (nSPS) is 10.8. The zero-order chi connectivity index (χ0) is 13.4. The van der Waals surface area contributed by atoms with E-state index in [0.29, 0.717) is 11.3 Å². The number of aromatic nitrogens is 2. The molecular formula is C14H10N2O3. The molecule has 0 fully saturated rings. The lowest BCUT2D eigenvalue weighted by Crippen LogP contribution is -2.01. The third kappa shape index (κ3) is 1.76. The molecule has 0 aliphatic heterocycles. The maximum atomic E-state index is 11.2. The van der Waals surface area contributed by atoms with E-state index in [1.807, 2.05) is 31.2 Å². The van der Waals surface area contributed by atoms with Crippen molar-refractivity contribution in [2.45, 2.75) is 6.92 Å². The van der Waals surface area contributed by atoms with Gasteiger partial charge in [0.15, 0.2) is 0 Å². The van der Waals surface area contributed by atoms with Crippen LogP contribution in [0.25, 0.3) is 22.3 Å². The number of rotatable bonds is 2.